The van der Waals surface area contributed by atoms with Crippen LogP contribution in [0.1, 0.15) is 36.8 Å². The van der Waals surface area contributed by atoms with Gasteiger partial charge in [0.2, 0.25) is 0 Å². The quantitative estimate of drug-likeness (QED) is 0.364. The van der Waals surface area contributed by atoms with E-state index in [1.165, 1.54) is 41.3 Å². The van der Waals surface area contributed by atoms with Gasteiger partial charge in [0.05, 0.1) is 36.7 Å². The highest BCUT2D eigenvalue weighted by atomic mass is 35.5. The van der Waals surface area contributed by atoms with E-state index >= 15 is 4.39 Å². The van der Waals surface area contributed by atoms with Gasteiger partial charge >= 0.3 is 0 Å². The molecule has 2 N–H and O–H groups in total. The molecule has 2 heterocycles. The Balaban J connectivity index is 1.57. The average Bonchev–Trinajstić information content (AvgIpc) is 3.77. The van der Waals surface area contributed by atoms with Crippen molar-refractivity contribution < 1.29 is 37.3 Å². The molecule has 6 rings (SSSR count). The number of likely N-dealkylation sites (tertiary alicyclic amines) is 1. The molecule has 3 unspecified atom stereocenters. The minimum Gasteiger partial charge on any atom is -0.396 e. The molecule has 45 heavy (non-hydrogen) atoms. The zero-order valence-electron chi connectivity index (χ0n) is 24.8. The van der Waals surface area contributed by atoms with Crippen LogP contribution in [0.3, 0.4) is 0 Å². The van der Waals surface area contributed by atoms with Crippen LogP contribution in [0.4, 0.5) is 4.39 Å². The van der Waals surface area contributed by atoms with Crippen molar-refractivity contribution in [3.63, 3.8) is 0 Å². The molecule has 0 spiro atoms. The molecule has 3 fully saturated rings. The number of nitrogens with zero attached hydrogens (tertiary/aromatic N) is 1. The Bertz CT molecular complexity index is 1640. The normalized spacial score (nSPS) is 28.6. The van der Waals surface area contributed by atoms with Gasteiger partial charge in [0.25, 0.3) is 5.91 Å². The van der Waals surface area contributed by atoms with Crippen LogP contribution in [0.25, 0.3) is 0 Å². The van der Waals surface area contributed by atoms with E-state index in [1.807, 2.05) is 0 Å². The number of allylic oxidation sites excluding steroid dienone is 2. The first kappa shape index (κ1) is 32.6. The lowest BCUT2D eigenvalue weighted by molar-refractivity contribution is -0.216. The van der Waals surface area contributed by atoms with Crippen molar-refractivity contribution in [2.24, 2.45) is 17.3 Å². The van der Waals surface area contributed by atoms with Crippen molar-refractivity contribution in [2.45, 2.75) is 54.6 Å². The van der Waals surface area contributed by atoms with Crippen molar-refractivity contribution in [3.8, 4) is 0 Å². The van der Waals surface area contributed by atoms with E-state index in [0.717, 1.165) is 6.26 Å². The Morgan fingerprint density at radius 1 is 1.11 bits per heavy atom. The number of benzene rings is 2. The number of amides is 1. The third kappa shape index (κ3) is 5.77. The van der Waals surface area contributed by atoms with Gasteiger partial charge in [-0.2, -0.15) is 0 Å². The second-order valence-electron chi connectivity index (χ2n) is 12.7. The molecule has 0 aromatic heterocycles. The molecule has 2 aromatic rings. The van der Waals surface area contributed by atoms with Crippen LogP contribution in [0, 0.1) is 17.3 Å². The summed E-state index contributed by atoms with van der Waals surface area (Å²) in [5.41, 5.74) is -4.15. The number of aliphatic hydroxyl groups is 2. The zero-order chi connectivity index (χ0) is 32.2. The summed E-state index contributed by atoms with van der Waals surface area (Å²) < 4.78 is 56.1. The Morgan fingerprint density at radius 2 is 1.78 bits per heavy atom. The lowest BCUT2D eigenvalue weighted by atomic mass is 9.67. The first-order valence-corrected chi connectivity index (χ1v) is 17.6. The summed E-state index contributed by atoms with van der Waals surface area (Å²) in [5.74, 6) is -2.37. The van der Waals surface area contributed by atoms with Gasteiger partial charge in [-0.3, -0.25) is 4.79 Å². The molecule has 2 saturated heterocycles. The first-order valence-electron chi connectivity index (χ1n) is 15.0. The van der Waals surface area contributed by atoms with Gasteiger partial charge < -0.3 is 24.6 Å². The lowest BCUT2D eigenvalue weighted by Gasteiger charge is -2.49. The predicted molar refractivity (Wildman–Crippen MR) is 167 cm³/mol. The minimum absolute atomic E-state index is 0.00754. The van der Waals surface area contributed by atoms with Crippen molar-refractivity contribution in [2.75, 3.05) is 32.7 Å². The first-order chi connectivity index (χ1) is 21.3. The standard InChI is InChI=1S/C33H36Cl2FNO7S/c1-45(41,42)27-17-25(35)7-4-22(27)18-37-30(40)26-3-2-12-32(36,29(39)21-10-15-43-16-11-21)28(26)33(37,23-5-8-24(34)9-6-23)44-20-31(19-38)13-14-31/h2-9,12,17,21,28-29,38-39H,10-11,13-16,18-20H2,1H3/t28?,29?,32?,33-/m0/s1. The van der Waals surface area contributed by atoms with Gasteiger partial charge in [-0.25, -0.2) is 12.8 Å². The third-order valence-corrected chi connectivity index (χ3v) is 11.4. The number of carbonyl (C=O) groups excluding carboxylic acids is 1. The van der Waals surface area contributed by atoms with Gasteiger partial charge in [0.1, 0.15) is 0 Å². The molecule has 4 aliphatic rings. The summed E-state index contributed by atoms with van der Waals surface area (Å²) in [6, 6.07) is 10.9. The Morgan fingerprint density at radius 3 is 2.40 bits per heavy atom. The summed E-state index contributed by atoms with van der Waals surface area (Å²) in [5, 5.41) is 22.6. The van der Waals surface area contributed by atoms with Crippen LogP contribution >= 0.6 is 23.2 Å². The van der Waals surface area contributed by atoms with Crippen molar-refractivity contribution in [3.05, 3.63) is 87.4 Å². The molecule has 1 amide bonds. The maximum absolute atomic E-state index is 18.0. The minimum atomic E-state index is -3.80. The highest BCUT2D eigenvalue weighted by Gasteiger charge is 2.68. The van der Waals surface area contributed by atoms with E-state index < -0.39 is 50.5 Å². The SMILES string of the molecule is CS(=O)(=O)c1cc(Cl)ccc1CN1C(=O)C2=CC=CC(F)(C(O)C3CCOCC3)C2[C@@]1(OCC1(CO)CC1)c1ccc(Cl)cc1. The van der Waals surface area contributed by atoms with Gasteiger partial charge in [0, 0.05) is 46.1 Å². The molecular formula is C33H36Cl2FNO7S. The summed E-state index contributed by atoms with van der Waals surface area (Å²) in [6.07, 6.45) is 6.07. The number of hydrogen-bond acceptors (Lipinski definition) is 7. The number of ether oxygens (including phenoxy) is 2. The summed E-state index contributed by atoms with van der Waals surface area (Å²) >= 11 is 12.5. The number of sulfone groups is 1. The molecule has 0 radical (unpaired) electrons. The smallest absolute Gasteiger partial charge is 0.253 e. The van der Waals surface area contributed by atoms with E-state index in [4.69, 9.17) is 32.7 Å². The summed E-state index contributed by atoms with van der Waals surface area (Å²) in [4.78, 5) is 15.8. The van der Waals surface area contributed by atoms with Crippen molar-refractivity contribution >= 4 is 38.9 Å². The van der Waals surface area contributed by atoms with E-state index in [2.05, 4.69) is 0 Å². The second kappa shape index (κ2) is 12.0. The van der Waals surface area contributed by atoms with Crippen LogP contribution in [0.15, 0.2) is 71.2 Å². The number of fused-ring (bicyclic) bond motifs is 1. The number of carbonyl (C=O) groups is 1. The van der Waals surface area contributed by atoms with Gasteiger partial charge in [-0.05, 0) is 67.5 Å². The topological polar surface area (TPSA) is 113 Å². The number of alkyl halides is 1. The molecule has 4 atom stereocenters. The highest BCUT2D eigenvalue weighted by Crippen LogP contribution is 2.59. The maximum atomic E-state index is 18.0. The van der Waals surface area contributed by atoms with Crippen molar-refractivity contribution in [1.29, 1.82) is 0 Å². The van der Waals surface area contributed by atoms with Gasteiger partial charge in [-0.15, -0.1) is 0 Å². The fourth-order valence-corrected chi connectivity index (χ4v) is 8.28. The Hall–Kier alpha value is -2.31. The molecule has 12 heteroatoms. The van der Waals surface area contributed by atoms with E-state index in [9.17, 15) is 23.4 Å². The number of halogens is 3. The van der Waals surface area contributed by atoms with Gasteiger partial charge in [0.15, 0.2) is 21.2 Å². The number of hydrogen-bond donors (Lipinski definition) is 2. The van der Waals surface area contributed by atoms with Crippen molar-refractivity contribution in [1.82, 2.24) is 4.90 Å². The molecule has 2 aliphatic heterocycles. The highest BCUT2D eigenvalue weighted by molar-refractivity contribution is 7.90. The maximum Gasteiger partial charge on any atom is 0.253 e. The van der Waals surface area contributed by atoms with E-state index in [-0.39, 0.29) is 40.8 Å². The third-order valence-electron chi connectivity index (χ3n) is 9.74. The predicted octanol–water partition coefficient (Wildman–Crippen LogP) is 4.99. The molecule has 1 saturated carbocycles. The number of rotatable bonds is 10. The fourth-order valence-electron chi connectivity index (χ4n) is 6.97. The lowest BCUT2D eigenvalue weighted by Crippen LogP contribution is -2.59. The fraction of sp³-hybridized carbons (Fsp3) is 0.485. The molecule has 242 valence electrons. The number of aliphatic hydroxyl groups excluding tert-OH is 2. The Labute approximate surface area is 272 Å². The van der Waals surface area contributed by atoms with Crippen LogP contribution in [0.2, 0.25) is 10.0 Å². The average molecular weight is 681 g/mol. The van der Waals surface area contributed by atoms with Crippen LogP contribution < -0.4 is 0 Å². The Kier molecular flexibility index (Phi) is 8.73. The van der Waals surface area contributed by atoms with Gasteiger partial charge in [-0.1, -0.05) is 53.6 Å². The monoisotopic (exact) mass is 679 g/mol. The molecule has 2 aliphatic carbocycles. The van der Waals surface area contributed by atoms with Crippen LogP contribution in [-0.4, -0.2) is 73.9 Å². The summed E-state index contributed by atoms with van der Waals surface area (Å²) in [6.45, 7) is 0.313. The second-order valence-corrected chi connectivity index (χ2v) is 15.6. The largest absolute Gasteiger partial charge is 0.396 e. The van der Waals surface area contributed by atoms with E-state index in [1.54, 1.807) is 24.3 Å². The molecule has 2 aromatic carbocycles. The van der Waals surface area contributed by atoms with Crippen LogP contribution in [-0.2, 0) is 36.4 Å². The zero-order valence-corrected chi connectivity index (χ0v) is 27.1. The molecule has 0 bridgehead atoms. The van der Waals surface area contributed by atoms with E-state index in [0.29, 0.717) is 49.5 Å². The molecular weight excluding hydrogens is 644 g/mol. The molecule has 8 nitrogen and oxygen atoms in total. The summed E-state index contributed by atoms with van der Waals surface area (Å²) in [7, 11) is -3.80. The van der Waals surface area contributed by atoms with Crippen LogP contribution in [0.5, 0.6) is 0 Å².